The maximum atomic E-state index is 3.67. The van der Waals surface area contributed by atoms with E-state index in [9.17, 15) is 0 Å². The largest absolute Gasteiger partial charge is 0.369 e. The Morgan fingerprint density at radius 3 is 2.70 bits per heavy atom. The van der Waals surface area contributed by atoms with E-state index < -0.39 is 0 Å². The van der Waals surface area contributed by atoms with Gasteiger partial charge in [0.25, 0.3) is 0 Å². The van der Waals surface area contributed by atoms with Crippen LogP contribution in [-0.2, 0) is 6.42 Å². The molecule has 0 saturated carbocycles. The minimum Gasteiger partial charge on any atom is -0.369 e. The molecule has 4 rings (SSSR count). The first kappa shape index (κ1) is 14.9. The molecule has 0 aliphatic carbocycles. The molecular formula is C19H23N3S. The van der Waals surface area contributed by atoms with E-state index in [4.69, 9.17) is 0 Å². The third kappa shape index (κ3) is 2.81. The molecule has 2 aliphatic rings. The predicted octanol–water partition coefficient (Wildman–Crippen LogP) is 4.18. The summed E-state index contributed by atoms with van der Waals surface area (Å²) in [6.07, 6.45) is 1.05. The van der Waals surface area contributed by atoms with Crippen molar-refractivity contribution in [3.63, 3.8) is 0 Å². The van der Waals surface area contributed by atoms with E-state index in [0.717, 1.165) is 32.6 Å². The topological polar surface area (TPSA) is 27.3 Å². The SMILES string of the molecule is CCc1cc(N2CCNCC2)cc2c1Nc1ccc(C)cc1S2. The van der Waals surface area contributed by atoms with E-state index in [1.165, 1.54) is 38.0 Å². The van der Waals surface area contributed by atoms with Crippen LogP contribution in [0.4, 0.5) is 17.1 Å². The van der Waals surface area contributed by atoms with E-state index >= 15 is 0 Å². The van der Waals surface area contributed by atoms with Gasteiger partial charge in [0.15, 0.2) is 0 Å². The molecule has 0 atom stereocenters. The zero-order valence-electron chi connectivity index (χ0n) is 13.8. The summed E-state index contributed by atoms with van der Waals surface area (Å²) in [5, 5.41) is 7.10. The van der Waals surface area contributed by atoms with E-state index in [0.29, 0.717) is 0 Å². The van der Waals surface area contributed by atoms with Crippen molar-refractivity contribution in [3.8, 4) is 0 Å². The molecule has 0 aromatic heterocycles. The molecule has 4 heteroatoms. The van der Waals surface area contributed by atoms with E-state index in [-0.39, 0.29) is 0 Å². The standard InChI is InChI=1S/C19H23N3S/c1-3-14-11-15(22-8-6-20-7-9-22)12-18-19(14)21-16-5-4-13(2)10-17(16)23-18/h4-5,10-12,20-21H,3,6-9H2,1-2H3. The molecule has 1 saturated heterocycles. The van der Waals surface area contributed by atoms with Crippen LogP contribution in [0.1, 0.15) is 18.1 Å². The van der Waals surface area contributed by atoms with Crippen molar-refractivity contribution in [1.29, 1.82) is 0 Å². The fraction of sp³-hybridized carbons (Fsp3) is 0.368. The first-order valence-electron chi connectivity index (χ1n) is 8.42. The Balaban J connectivity index is 1.74. The Bertz CT molecular complexity index is 736. The van der Waals surface area contributed by atoms with E-state index in [1.54, 1.807) is 0 Å². The summed E-state index contributed by atoms with van der Waals surface area (Å²) >= 11 is 1.90. The van der Waals surface area contributed by atoms with Gasteiger partial charge in [-0.1, -0.05) is 24.8 Å². The molecule has 0 amide bonds. The average Bonchev–Trinajstić information content (AvgIpc) is 2.59. The van der Waals surface area contributed by atoms with Crippen molar-refractivity contribution in [2.45, 2.75) is 30.1 Å². The second-order valence-corrected chi connectivity index (χ2v) is 7.38. The van der Waals surface area contributed by atoms with Crippen molar-refractivity contribution in [1.82, 2.24) is 5.32 Å². The summed E-state index contributed by atoms with van der Waals surface area (Å²) in [6.45, 7) is 8.74. The van der Waals surface area contributed by atoms with Gasteiger partial charge < -0.3 is 15.5 Å². The molecule has 3 nitrogen and oxygen atoms in total. The minimum atomic E-state index is 1.05. The zero-order valence-corrected chi connectivity index (χ0v) is 14.6. The molecule has 2 heterocycles. The van der Waals surface area contributed by atoms with Crippen LogP contribution in [0.25, 0.3) is 0 Å². The highest BCUT2D eigenvalue weighted by atomic mass is 32.2. The lowest BCUT2D eigenvalue weighted by atomic mass is 10.1. The molecule has 2 aromatic carbocycles. The summed E-state index contributed by atoms with van der Waals surface area (Å²) < 4.78 is 0. The van der Waals surface area contributed by atoms with Crippen LogP contribution < -0.4 is 15.5 Å². The molecule has 0 unspecified atom stereocenters. The monoisotopic (exact) mass is 325 g/mol. The minimum absolute atomic E-state index is 1.05. The van der Waals surface area contributed by atoms with Gasteiger partial charge in [0.05, 0.1) is 11.4 Å². The van der Waals surface area contributed by atoms with Crippen molar-refractivity contribution < 1.29 is 0 Å². The van der Waals surface area contributed by atoms with Crippen LogP contribution in [0.3, 0.4) is 0 Å². The van der Waals surface area contributed by atoms with Gasteiger partial charge in [-0.2, -0.15) is 0 Å². The smallest absolute Gasteiger partial charge is 0.0560 e. The number of aryl methyl sites for hydroxylation is 2. The molecule has 23 heavy (non-hydrogen) atoms. The first-order valence-corrected chi connectivity index (χ1v) is 9.24. The summed E-state index contributed by atoms with van der Waals surface area (Å²) in [7, 11) is 0. The van der Waals surface area contributed by atoms with Crippen LogP contribution in [0.5, 0.6) is 0 Å². The van der Waals surface area contributed by atoms with Gasteiger partial charge in [-0.3, -0.25) is 0 Å². The first-order chi connectivity index (χ1) is 11.2. The maximum absolute atomic E-state index is 3.67. The summed E-state index contributed by atoms with van der Waals surface area (Å²) in [5.74, 6) is 0. The van der Waals surface area contributed by atoms with Gasteiger partial charge in [-0.15, -0.1) is 0 Å². The van der Waals surface area contributed by atoms with Crippen molar-refractivity contribution >= 4 is 28.8 Å². The number of fused-ring (bicyclic) bond motifs is 2. The Morgan fingerprint density at radius 2 is 1.91 bits per heavy atom. The highest BCUT2D eigenvalue weighted by Crippen LogP contribution is 2.47. The fourth-order valence-electron chi connectivity index (χ4n) is 3.33. The fourth-order valence-corrected chi connectivity index (χ4v) is 4.51. The lowest BCUT2D eigenvalue weighted by Gasteiger charge is -2.32. The third-order valence-electron chi connectivity index (χ3n) is 4.65. The molecule has 0 bridgehead atoms. The van der Waals surface area contributed by atoms with E-state index in [2.05, 4.69) is 59.7 Å². The Morgan fingerprint density at radius 1 is 1.09 bits per heavy atom. The average molecular weight is 325 g/mol. The molecule has 2 N–H and O–H groups in total. The number of anilines is 3. The quantitative estimate of drug-likeness (QED) is 0.739. The van der Waals surface area contributed by atoms with Gasteiger partial charge in [0.2, 0.25) is 0 Å². The molecule has 0 radical (unpaired) electrons. The van der Waals surface area contributed by atoms with E-state index in [1.807, 2.05) is 11.8 Å². The molecule has 2 aromatic rings. The van der Waals surface area contributed by atoms with Crippen LogP contribution in [-0.4, -0.2) is 26.2 Å². The number of nitrogens with zero attached hydrogens (tertiary/aromatic N) is 1. The maximum Gasteiger partial charge on any atom is 0.0560 e. The Hall–Kier alpha value is -1.65. The molecular weight excluding hydrogens is 302 g/mol. The van der Waals surface area contributed by atoms with Crippen molar-refractivity contribution in [2.24, 2.45) is 0 Å². The predicted molar refractivity (Wildman–Crippen MR) is 99.5 cm³/mol. The second-order valence-electron chi connectivity index (χ2n) is 6.30. The van der Waals surface area contributed by atoms with Crippen LogP contribution in [0.15, 0.2) is 40.1 Å². The summed E-state index contributed by atoms with van der Waals surface area (Å²) in [5.41, 5.74) is 6.63. The zero-order chi connectivity index (χ0) is 15.8. The van der Waals surface area contributed by atoms with Gasteiger partial charge in [-0.05, 0) is 48.7 Å². The number of rotatable bonds is 2. The number of hydrogen-bond acceptors (Lipinski definition) is 4. The highest BCUT2D eigenvalue weighted by Gasteiger charge is 2.21. The second kappa shape index (κ2) is 6.10. The molecule has 0 spiro atoms. The van der Waals surface area contributed by atoms with Crippen LogP contribution in [0.2, 0.25) is 0 Å². The summed E-state index contributed by atoms with van der Waals surface area (Å²) in [6, 6.07) is 11.4. The Labute approximate surface area is 142 Å². The highest BCUT2D eigenvalue weighted by molar-refractivity contribution is 7.99. The lowest BCUT2D eigenvalue weighted by Crippen LogP contribution is -2.43. The van der Waals surface area contributed by atoms with Crippen LogP contribution in [0, 0.1) is 6.92 Å². The van der Waals surface area contributed by atoms with Gasteiger partial charge in [-0.25, -0.2) is 0 Å². The van der Waals surface area contributed by atoms with Crippen molar-refractivity contribution in [2.75, 3.05) is 36.4 Å². The van der Waals surface area contributed by atoms with Gasteiger partial charge in [0.1, 0.15) is 0 Å². The molecule has 1 fully saturated rings. The van der Waals surface area contributed by atoms with Crippen LogP contribution >= 0.6 is 11.8 Å². The lowest BCUT2D eigenvalue weighted by molar-refractivity contribution is 0.589. The number of nitrogens with one attached hydrogen (secondary N) is 2. The molecule has 2 aliphatic heterocycles. The van der Waals surface area contributed by atoms with Gasteiger partial charge >= 0.3 is 0 Å². The molecule has 120 valence electrons. The number of piperazine rings is 1. The normalized spacial score (nSPS) is 16.5. The number of benzene rings is 2. The summed E-state index contributed by atoms with van der Waals surface area (Å²) in [4.78, 5) is 5.19. The third-order valence-corrected chi connectivity index (χ3v) is 5.75. The Kier molecular flexibility index (Phi) is 3.95. The number of hydrogen-bond donors (Lipinski definition) is 2. The van der Waals surface area contributed by atoms with Gasteiger partial charge in [0, 0.05) is 41.7 Å². The van der Waals surface area contributed by atoms with Crippen molar-refractivity contribution in [3.05, 3.63) is 41.5 Å².